The number of carboxylic acids is 1. The minimum Gasteiger partial charge on any atom is -0.480 e. The summed E-state index contributed by atoms with van der Waals surface area (Å²) in [5.74, 6) is -0.987. The SMILES string of the molecule is CN(C)CC(=O)O.O=C1CCNC(=O)N1. The van der Waals surface area contributed by atoms with Crippen LogP contribution in [0.2, 0.25) is 0 Å². The Balaban J connectivity index is 0.000000265. The van der Waals surface area contributed by atoms with Gasteiger partial charge in [0.2, 0.25) is 5.91 Å². The van der Waals surface area contributed by atoms with Crippen molar-refractivity contribution < 1.29 is 19.5 Å². The van der Waals surface area contributed by atoms with Gasteiger partial charge in [0.05, 0.1) is 6.54 Å². The van der Waals surface area contributed by atoms with Crippen LogP contribution in [0.3, 0.4) is 0 Å². The molecule has 7 heteroatoms. The van der Waals surface area contributed by atoms with Crippen molar-refractivity contribution >= 4 is 17.9 Å². The summed E-state index contributed by atoms with van der Waals surface area (Å²) in [5, 5.41) is 12.6. The third-order valence-corrected chi connectivity index (χ3v) is 1.34. The second-order valence-corrected chi connectivity index (χ2v) is 3.19. The fourth-order valence-corrected chi connectivity index (χ4v) is 0.793. The van der Waals surface area contributed by atoms with Crippen LogP contribution in [-0.2, 0) is 9.59 Å². The van der Waals surface area contributed by atoms with Crippen molar-refractivity contribution in [1.29, 1.82) is 0 Å². The monoisotopic (exact) mass is 217 g/mol. The Morgan fingerprint density at radius 3 is 2.27 bits per heavy atom. The van der Waals surface area contributed by atoms with Gasteiger partial charge >= 0.3 is 12.0 Å². The number of aliphatic carboxylic acids is 1. The maximum atomic E-state index is 10.3. The second kappa shape index (κ2) is 6.77. The summed E-state index contributed by atoms with van der Waals surface area (Å²) < 4.78 is 0. The van der Waals surface area contributed by atoms with Gasteiger partial charge in [0, 0.05) is 13.0 Å². The van der Waals surface area contributed by atoms with E-state index < -0.39 is 5.97 Å². The van der Waals surface area contributed by atoms with E-state index in [1.54, 1.807) is 19.0 Å². The van der Waals surface area contributed by atoms with Crippen molar-refractivity contribution in [3.63, 3.8) is 0 Å². The molecule has 1 heterocycles. The molecular formula is C8H15N3O4. The number of likely N-dealkylation sites (N-methyl/N-ethyl adjacent to an activating group) is 1. The first-order valence-corrected chi connectivity index (χ1v) is 4.36. The minimum atomic E-state index is -0.787. The van der Waals surface area contributed by atoms with E-state index in [-0.39, 0.29) is 18.5 Å². The van der Waals surface area contributed by atoms with Crippen molar-refractivity contribution in [2.75, 3.05) is 27.2 Å². The number of hydrogen-bond acceptors (Lipinski definition) is 4. The highest BCUT2D eigenvalue weighted by molar-refractivity contribution is 5.96. The van der Waals surface area contributed by atoms with Crippen LogP contribution in [0.5, 0.6) is 0 Å². The second-order valence-electron chi connectivity index (χ2n) is 3.19. The van der Waals surface area contributed by atoms with Gasteiger partial charge in [-0.15, -0.1) is 0 Å². The molecule has 1 rings (SSSR count). The molecule has 86 valence electrons. The number of carboxylic acid groups (broad SMARTS) is 1. The number of nitrogens with one attached hydrogen (secondary N) is 2. The summed E-state index contributed by atoms with van der Waals surface area (Å²) in [6, 6.07) is -0.388. The van der Waals surface area contributed by atoms with Gasteiger partial charge in [-0.05, 0) is 14.1 Å². The number of carbonyl (C=O) groups is 3. The van der Waals surface area contributed by atoms with Gasteiger partial charge in [0.25, 0.3) is 0 Å². The first kappa shape index (κ1) is 13.4. The molecule has 0 radical (unpaired) electrons. The van der Waals surface area contributed by atoms with Crippen molar-refractivity contribution in [2.45, 2.75) is 6.42 Å². The maximum absolute atomic E-state index is 10.3. The number of carbonyl (C=O) groups excluding carboxylic acids is 2. The molecule has 0 atom stereocenters. The average Bonchev–Trinajstić information content (AvgIpc) is 2.01. The average molecular weight is 217 g/mol. The van der Waals surface area contributed by atoms with Gasteiger partial charge in [-0.2, -0.15) is 0 Å². The predicted octanol–water partition coefficient (Wildman–Crippen LogP) is -1.15. The Hall–Kier alpha value is -1.63. The number of urea groups is 1. The normalized spacial score (nSPS) is 14.9. The zero-order valence-corrected chi connectivity index (χ0v) is 8.74. The van der Waals surface area contributed by atoms with Crippen LogP contribution in [-0.4, -0.2) is 55.1 Å². The molecule has 1 aliphatic rings. The van der Waals surface area contributed by atoms with Crippen molar-refractivity contribution in [3.05, 3.63) is 0 Å². The lowest BCUT2D eigenvalue weighted by Gasteiger charge is -2.10. The third-order valence-electron chi connectivity index (χ3n) is 1.34. The van der Waals surface area contributed by atoms with Gasteiger partial charge < -0.3 is 10.4 Å². The highest BCUT2D eigenvalue weighted by Gasteiger charge is 2.11. The van der Waals surface area contributed by atoms with E-state index in [9.17, 15) is 14.4 Å². The number of amides is 3. The fourth-order valence-electron chi connectivity index (χ4n) is 0.793. The smallest absolute Gasteiger partial charge is 0.321 e. The number of imide groups is 1. The summed E-state index contributed by atoms with van der Waals surface area (Å²) in [6.45, 7) is 0.574. The van der Waals surface area contributed by atoms with Crippen molar-refractivity contribution in [1.82, 2.24) is 15.5 Å². The van der Waals surface area contributed by atoms with E-state index in [0.717, 1.165) is 0 Å². The molecule has 15 heavy (non-hydrogen) atoms. The van der Waals surface area contributed by atoms with Gasteiger partial charge in [0.15, 0.2) is 0 Å². The number of nitrogens with zero attached hydrogens (tertiary/aromatic N) is 1. The zero-order valence-electron chi connectivity index (χ0n) is 8.74. The molecule has 0 saturated carbocycles. The summed E-state index contributed by atoms with van der Waals surface area (Å²) >= 11 is 0. The van der Waals surface area contributed by atoms with Crippen LogP contribution in [0.25, 0.3) is 0 Å². The van der Waals surface area contributed by atoms with E-state index in [0.29, 0.717) is 13.0 Å². The van der Waals surface area contributed by atoms with Crippen LogP contribution >= 0.6 is 0 Å². The highest BCUT2D eigenvalue weighted by atomic mass is 16.4. The van der Waals surface area contributed by atoms with Gasteiger partial charge in [0.1, 0.15) is 0 Å². The van der Waals surface area contributed by atoms with Crippen LogP contribution < -0.4 is 10.6 Å². The fraction of sp³-hybridized carbons (Fsp3) is 0.625. The largest absolute Gasteiger partial charge is 0.480 e. The summed E-state index contributed by atoms with van der Waals surface area (Å²) in [5.41, 5.74) is 0. The van der Waals surface area contributed by atoms with Gasteiger partial charge in [-0.1, -0.05) is 0 Å². The first-order valence-electron chi connectivity index (χ1n) is 4.36. The predicted molar refractivity (Wildman–Crippen MR) is 52.3 cm³/mol. The summed E-state index contributed by atoms with van der Waals surface area (Å²) in [7, 11) is 3.43. The van der Waals surface area contributed by atoms with Crippen molar-refractivity contribution in [2.24, 2.45) is 0 Å². The molecule has 0 aromatic heterocycles. The molecule has 3 amide bonds. The Bertz CT molecular complexity index is 238. The Kier molecular flexibility index (Phi) is 6.03. The molecule has 1 saturated heterocycles. The van der Waals surface area contributed by atoms with Gasteiger partial charge in [-0.3, -0.25) is 19.8 Å². The quantitative estimate of drug-likeness (QED) is 0.542. The lowest BCUT2D eigenvalue weighted by Crippen LogP contribution is -2.46. The molecule has 0 aromatic rings. The molecular weight excluding hydrogens is 202 g/mol. The standard InChI is InChI=1S/C4H6N2O2.C4H9NO2/c7-3-1-2-5-4(8)6-3;1-5(2)3-4(6)7/h1-2H2,(H2,5,6,7,8);3H2,1-2H3,(H,6,7). The Morgan fingerprint density at radius 1 is 1.47 bits per heavy atom. The van der Waals surface area contributed by atoms with E-state index in [2.05, 4.69) is 10.6 Å². The summed E-state index contributed by atoms with van der Waals surface area (Å²) in [6.07, 6.45) is 0.395. The lowest BCUT2D eigenvalue weighted by molar-refractivity contribution is -0.137. The Labute approximate surface area is 87.4 Å². The zero-order chi connectivity index (χ0) is 11.8. The summed E-state index contributed by atoms with van der Waals surface area (Å²) in [4.78, 5) is 31.9. The van der Waals surface area contributed by atoms with E-state index in [4.69, 9.17) is 5.11 Å². The van der Waals surface area contributed by atoms with Crippen LogP contribution in [0.4, 0.5) is 4.79 Å². The van der Waals surface area contributed by atoms with Crippen LogP contribution in [0.1, 0.15) is 6.42 Å². The van der Waals surface area contributed by atoms with Crippen molar-refractivity contribution in [3.8, 4) is 0 Å². The lowest BCUT2D eigenvalue weighted by atomic mass is 10.3. The number of rotatable bonds is 2. The molecule has 0 bridgehead atoms. The van der Waals surface area contributed by atoms with Gasteiger partial charge in [-0.25, -0.2) is 4.79 Å². The molecule has 1 aliphatic heterocycles. The minimum absolute atomic E-state index is 0.111. The van der Waals surface area contributed by atoms with Crippen LogP contribution in [0, 0.1) is 0 Å². The highest BCUT2D eigenvalue weighted by Crippen LogP contribution is 1.82. The number of hydrogen-bond donors (Lipinski definition) is 3. The molecule has 0 spiro atoms. The van der Waals surface area contributed by atoms with E-state index >= 15 is 0 Å². The molecule has 0 aromatic carbocycles. The third kappa shape index (κ3) is 8.69. The molecule has 0 aliphatic carbocycles. The van der Waals surface area contributed by atoms with Crippen LogP contribution in [0.15, 0.2) is 0 Å². The first-order chi connectivity index (χ1) is 6.91. The molecule has 1 fully saturated rings. The molecule has 7 nitrogen and oxygen atoms in total. The van der Waals surface area contributed by atoms with E-state index in [1.165, 1.54) is 0 Å². The Morgan fingerprint density at radius 2 is 2.07 bits per heavy atom. The van der Waals surface area contributed by atoms with E-state index in [1.807, 2.05) is 0 Å². The maximum Gasteiger partial charge on any atom is 0.321 e. The topological polar surface area (TPSA) is 98.7 Å². The molecule has 0 unspecified atom stereocenters. The molecule has 3 N–H and O–H groups in total.